The molecule has 5 nitrogen and oxygen atoms in total. The highest BCUT2D eigenvalue weighted by atomic mass is 19.1. The molecule has 2 heterocycles. The van der Waals surface area contributed by atoms with Crippen molar-refractivity contribution >= 4 is 0 Å². The molecule has 0 radical (unpaired) electrons. The van der Waals surface area contributed by atoms with Gasteiger partial charge in [-0.2, -0.15) is 5.10 Å². The Bertz CT molecular complexity index is 818. The van der Waals surface area contributed by atoms with E-state index in [4.69, 9.17) is 0 Å². The van der Waals surface area contributed by atoms with Crippen molar-refractivity contribution in [1.82, 2.24) is 24.6 Å². The molecule has 25 heavy (non-hydrogen) atoms. The fourth-order valence-corrected chi connectivity index (χ4v) is 2.84. The number of aryl methyl sites for hydroxylation is 1. The van der Waals surface area contributed by atoms with Crippen molar-refractivity contribution in [2.45, 2.75) is 38.9 Å². The van der Waals surface area contributed by atoms with Crippen LogP contribution in [0.1, 0.15) is 55.8 Å². The second-order valence-corrected chi connectivity index (χ2v) is 6.62. The van der Waals surface area contributed by atoms with E-state index in [1.807, 2.05) is 28.7 Å². The quantitative estimate of drug-likeness (QED) is 0.742. The molecule has 0 aliphatic carbocycles. The zero-order valence-electron chi connectivity index (χ0n) is 15.0. The second-order valence-electron chi connectivity index (χ2n) is 6.62. The van der Waals surface area contributed by atoms with Crippen LogP contribution in [0.3, 0.4) is 0 Å². The van der Waals surface area contributed by atoms with Gasteiger partial charge in [0.05, 0.1) is 12.2 Å². The standard InChI is InChI=1S/C19H24FN5/c1-13(2)25-12-16(11-22-25)14(3)23-18(19-21-9-10-24(19)4)15-5-7-17(20)8-6-15/h5-14,18,23H,1-4H3/t14-,18+/m0/s1. The van der Waals surface area contributed by atoms with Crippen molar-refractivity contribution in [3.8, 4) is 0 Å². The molecule has 2 atom stereocenters. The summed E-state index contributed by atoms with van der Waals surface area (Å²) in [7, 11) is 1.96. The average molecular weight is 341 g/mol. The fraction of sp³-hybridized carbons (Fsp3) is 0.368. The van der Waals surface area contributed by atoms with Gasteiger partial charge in [0.2, 0.25) is 0 Å². The summed E-state index contributed by atoms with van der Waals surface area (Å²) in [6, 6.07) is 6.81. The molecule has 2 aromatic heterocycles. The lowest BCUT2D eigenvalue weighted by molar-refractivity contribution is 0.486. The van der Waals surface area contributed by atoms with Crippen molar-refractivity contribution in [3.05, 3.63) is 71.8 Å². The van der Waals surface area contributed by atoms with Crippen LogP contribution >= 0.6 is 0 Å². The zero-order chi connectivity index (χ0) is 18.0. The number of rotatable bonds is 6. The minimum Gasteiger partial charge on any atom is -0.336 e. The maximum atomic E-state index is 13.3. The first-order valence-electron chi connectivity index (χ1n) is 8.48. The Morgan fingerprint density at radius 1 is 1.08 bits per heavy atom. The minimum atomic E-state index is -0.242. The van der Waals surface area contributed by atoms with E-state index in [9.17, 15) is 4.39 Å². The molecule has 0 fully saturated rings. The van der Waals surface area contributed by atoms with E-state index < -0.39 is 0 Å². The summed E-state index contributed by atoms with van der Waals surface area (Å²) in [6.07, 6.45) is 7.63. The van der Waals surface area contributed by atoms with Gasteiger partial charge in [0.15, 0.2) is 0 Å². The summed E-state index contributed by atoms with van der Waals surface area (Å²) in [5, 5.41) is 8.02. The lowest BCUT2D eigenvalue weighted by Gasteiger charge is -2.23. The number of hydrogen-bond acceptors (Lipinski definition) is 3. The lowest BCUT2D eigenvalue weighted by atomic mass is 10.0. The summed E-state index contributed by atoms with van der Waals surface area (Å²) in [5.41, 5.74) is 2.08. The molecule has 6 heteroatoms. The average Bonchev–Trinajstić information content (AvgIpc) is 3.23. The maximum Gasteiger partial charge on any atom is 0.130 e. The monoisotopic (exact) mass is 341 g/mol. The number of halogens is 1. The SMILES string of the molecule is CC(C)n1cc([C@H](C)N[C@H](c2ccc(F)cc2)c2nccn2C)cn1. The normalized spacial score (nSPS) is 14.0. The summed E-state index contributed by atoms with van der Waals surface area (Å²) in [4.78, 5) is 4.48. The van der Waals surface area contributed by atoms with Crippen molar-refractivity contribution in [2.24, 2.45) is 7.05 Å². The third-order valence-electron chi connectivity index (χ3n) is 4.39. The van der Waals surface area contributed by atoms with E-state index >= 15 is 0 Å². The molecule has 3 rings (SSSR count). The third-order valence-corrected chi connectivity index (χ3v) is 4.39. The van der Waals surface area contributed by atoms with E-state index in [0.717, 1.165) is 17.0 Å². The summed E-state index contributed by atoms with van der Waals surface area (Å²) < 4.78 is 17.2. The van der Waals surface area contributed by atoms with Crippen molar-refractivity contribution in [1.29, 1.82) is 0 Å². The van der Waals surface area contributed by atoms with E-state index in [-0.39, 0.29) is 17.9 Å². The predicted octanol–water partition coefficient (Wildman–Crippen LogP) is 3.78. The van der Waals surface area contributed by atoms with Gasteiger partial charge in [0.1, 0.15) is 11.6 Å². The van der Waals surface area contributed by atoms with Crippen LogP contribution in [0, 0.1) is 5.82 Å². The third kappa shape index (κ3) is 3.79. The van der Waals surface area contributed by atoms with Crippen LogP contribution in [-0.4, -0.2) is 19.3 Å². The topological polar surface area (TPSA) is 47.7 Å². The van der Waals surface area contributed by atoms with Crippen LogP contribution in [0.4, 0.5) is 4.39 Å². The number of nitrogens with zero attached hydrogens (tertiary/aromatic N) is 4. The molecule has 132 valence electrons. The summed E-state index contributed by atoms with van der Waals surface area (Å²) in [5.74, 6) is 0.642. The Hall–Kier alpha value is -2.47. The van der Waals surface area contributed by atoms with Gasteiger partial charge in [-0.15, -0.1) is 0 Å². The van der Waals surface area contributed by atoms with Gasteiger partial charge < -0.3 is 4.57 Å². The van der Waals surface area contributed by atoms with Gasteiger partial charge in [-0.05, 0) is 38.5 Å². The van der Waals surface area contributed by atoms with E-state index in [2.05, 4.69) is 42.4 Å². The largest absolute Gasteiger partial charge is 0.336 e. The highest BCUT2D eigenvalue weighted by Crippen LogP contribution is 2.25. The van der Waals surface area contributed by atoms with Crippen LogP contribution in [0.5, 0.6) is 0 Å². The molecule has 0 unspecified atom stereocenters. The van der Waals surface area contributed by atoms with Crippen molar-refractivity contribution in [2.75, 3.05) is 0 Å². The second kappa shape index (κ2) is 7.19. The zero-order valence-corrected chi connectivity index (χ0v) is 15.0. The minimum absolute atomic E-state index is 0.0688. The van der Waals surface area contributed by atoms with Gasteiger partial charge in [-0.3, -0.25) is 10.00 Å². The number of benzene rings is 1. The van der Waals surface area contributed by atoms with Crippen LogP contribution in [0.2, 0.25) is 0 Å². The Labute approximate surface area is 147 Å². The predicted molar refractivity (Wildman–Crippen MR) is 95.6 cm³/mol. The molecule has 0 aliphatic rings. The lowest BCUT2D eigenvalue weighted by Crippen LogP contribution is -2.27. The van der Waals surface area contributed by atoms with Gasteiger partial charge >= 0.3 is 0 Å². The van der Waals surface area contributed by atoms with Gasteiger partial charge in [-0.1, -0.05) is 12.1 Å². The fourth-order valence-electron chi connectivity index (χ4n) is 2.84. The van der Waals surface area contributed by atoms with Gasteiger partial charge in [-0.25, -0.2) is 9.37 Å². The van der Waals surface area contributed by atoms with Gasteiger partial charge in [0.25, 0.3) is 0 Å². The van der Waals surface area contributed by atoms with Crippen LogP contribution < -0.4 is 5.32 Å². The molecular weight excluding hydrogens is 317 g/mol. The van der Waals surface area contributed by atoms with Crippen LogP contribution in [0.25, 0.3) is 0 Å². The molecule has 0 saturated carbocycles. The highest BCUT2D eigenvalue weighted by molar-refractivity contribution is 5.27. The number of nitrogens with one attached hydrogen (secondary N) is 1. The Balaban J connectivity index is 1.89. The number of imidazole rings is 1. The van der Waals surface area contributed by atoms with Crippen molar-refractivity contribution < 1.29 is 4.39 Å². The molecule has 0 spiro atoms. The number of hydrogen-bond donors (Lipinski definition) is 1. The maximum absolute atomic E-state index is 13.3. The van der Waals surface area contributed by atoms with E-state index in [0.29, 0.717) is 6.04 Å². The first-order chi connectivity index (χ1) is 12.0. The molecule has 1 aromatic carbocycles. The summed E-state index contributed by atoms with van der Waals surface area (Å²) >= 11 is 0. The Morgan fingerprint density at radius 3 is 2.36 bits per heavy atom. The molecule has 0 aliphatic heterocycles. The van der Waals surface area contributed by atoms with Crippen LogP contribution in [-0.2, 0) is 7.05 Å². The Kier molecular flexibility index (Phi) is 4.99. The van der Waals surface area contributed by atoms with Gasteiger partial charge in [0, 0.05) is 43.3 Å². The Morgan fingerprint density at radius 2 is 1.80 bits per heavy atom. The highest BCUT2D eigenvalue weighted by Gasteiger charge is 2.22. The molecule has 3 aromatic rings. The molecule has 0 saturated heterocycles. The smallest absolute Gasteiger partial charge is 0.130 e. The number of aromatic nitrogens is 4. The molecule has 0 bridgehead atoms. The summed E-state index contributed by atoms with van der Waals surface area (Å²) in [6.45, 7) is 6.30. The first kappa shape index (κ1) is 17.4. The van der Waals surface area contributed by atoms with Crippen LogP contribution in [0.15, 0.2) is 49.1 Å². The van der Waals surface area contributed by atoms with E-state index in [1.165, 1.54) is 12.1 Å². The molecule has 1 N–H and O–H groups in total. The van der Waals surface area contributed by atoms with E-state index in [1.54, 1.807) is 18.3 Å². The molecular formula is C19H24FN5. The molecule has 0 amide bonds. The first-order valence-corrected chi connectivity index (χ1v) is 8.48. The van der Waals surface area contributed by atoms with Crippen molar-refractivity contribution in [3.63, 3.8) is 0 Å².